The molecule has 3 N–H and O–H groups in total. The van der Waals surface area contributed by atoms with Gasteiger partial charge in [-0.1, -0.05) is 32.0 Å². The molecule has 6 nitrogen and oxygen atoms in total. The molecule has 0 spiro atoms. The molecule has 0 aliphatic carbocycles. The Morgan fingerprint density at radius 3 is 2.38 bits per heavy atom. The van der Waals surface area contributed by atoms with E-state index in [1.165, 1.54) is 6.33 Å². The van der Waals surface area contributed by atoms with E-state index in [1.54, 1.807) is 0 Å². The Morgan fingerprint density at radius 1 is 1.24 bits per heavy atom. The van der Waals surface area contributed by atoms with Gasteiger partial charge in [0.05, 0.1) is 6.33 Å². The molecule has 0 radical (unpaired) electrons. The van der Waals surface area contributed by atoms with Crippen molar-refractivity contribution in [3.05, 3.63) is 47.0 Å². The number of aromatic amines is 1. The Morgan fingerprint density at radius 2 is 1.86 bits per heavy atom. The van der Waals surface area contributed by atoms with Crippen molar-refractivity contribution in [2.75, 3.05) is 5.32 Å². The van der Waals surface area contributed by atoms with Crippen LogP contribution in [-0.4, -0.2) is 27.0 Å². The maximum atomic E-state index is 12.3. The number of aromatic carboxylic acids is 1. The number of rotatable bonds is 5. The zero-order chi connectivity index (χ0) is 15.4. The molecule has 21 heavy (non-hydrogen) atoms. The van der Waals surface area contributed by atoms with Crippen LogP contribution in [0.4, 0.5) is 5.69 Å². The van der Waals surface area contributed by atoms with E-state index in [9.17, 15) is 9.59 Å². The summed E-state index contributed by atoms with van der Waals surface area (Å²) in [5, 5.41) is 11.8. The molecule has 1 aromatic heterocycles. The highest BCUT2D eigenvalue weighted by Gasteiger charge is 2.21. The average Bonchev–Trinajstić information content (AvgIpc) is 2.97. The van der Waals surface area contributed by atoms with Gasteiger partial charge in [0.1, 0.15) is 0 Å². The number of carbonyl (C=O) groups is 2. The Balaban J connectivity index is 2.36. The Kier molecular flexibility index (Phi) is 4.37. The molecule has 0 saturated heterocycles. The molecule has 0 fully saturated rings. The quantitative estimate of drug-likeness (QED) is 0.787. The van der Waals surface area contributed by atoms with Gasteiger partial charge < -0.3 is 15.4 Å². The fourth-order valence-electron chi connectivity index (χ4n) is 2.21. The zero-order valence-corrected chi connectivity index (χ0v) is 11.9. The first-order chi connectivity index (χ1) is 10.1. The second-order valence-corrected chi connectivity index (χ2v) is 4.54. The number of carboxylic acid groups (broad SMARTS) is 1. The number of amides is 1. The topological polar surface area (TPSA) is 95.1 Å². The molecule has 0 unspecified atom stereocenters. The van der Waals surface area contributed by atoms with Gasteiger partial charge in [-0.15, -0.1) is 0 Å². The summed E-state index contributed by atoms with van der Waals surface area (Å²) in [4.78, 5) is 29.6. The van der Waals surface area contributed by atoms with Crippen molar-refractivity contribution in [3.8, 4) is 0 Å². The number of para-hydroxylation sites is 1. The number of benzene rings is 1. The molecule has 1 amide bonds. The maximum Gasteiger partial charge on any atom is 0.354 e. The van der Waals surface area contributed by atoms with Crippen molar-refractivity contribution in [3.63, 3.8) is 0 Å². The van der Waals surface area contributed by atoms with Crippen LogP contribution < -0.4 is 5.32 Å². The highest BCUT2D eigenvalue weighted by molar-refractivity contribution is 6.09. The van der Waals surface area contributed by atoms with Gasteiger partial charge in [0.15, 0.2) is 11.4 Å². The number of nitrogens with zero attached hydrogens (tertiary/aromatic N) is 1. The number of nitrogens with one attached hydrogen (secondary N) is 2. The molecular formula is C15H17N3O3. The summed E-state index contributed by atoms with van der Waals surface area (Å²) in [6.45, 7) is 4.00. The minimum absolute atomic E-state index is 0.115. The first-order valence-electron chi connectivity index (χ1n) is 6.77. The highest BCUT2D eigenvalue weighted by Crippen LogP contribution is 2.23. The van der Waals surface area contributed by atoms with Gasteiger partial charge in [0.25, 0.3) is 5.91 Å². The lowest BCUT2D eigenvalue weighted by atomic mass is 10.0. The molecular weight excluding hydrogens is 270 g/mol. The number of hydrogen-bond acceptors (Lipinski definition) is 3. The van der Waals surface area contributed by atoms with E-state index in [0.717, 1.165) is 29.7 Å². The predicted octanol–water partition coefficient (Wildman–Crippen LogP) is 2.48. The second kappa shape index (κ2) is 6.21. The predicted molar refractivity (Wildman–Crippen MR) is 78.7 cm³/mol. The molecule has 0 atom stereocenters. The van der Waals surface area contributed by atoms with Crippen LogP contribution >= 0.6 is 0 Å². The van der Waals surface area contributed by atoms with Crippen LogP contribution in [0.15, 0.2) is 24.5 Å². The number of hydrogen-bond donors (Lipinski definition) is 3. The minimum Gasteiger partial charge on any atom is -0.477 e. The van der Waals surface area contributed by atoms with Crippen molar-refractivity contribution in [2.24, 2.45) is 0 Å². The van der Waals surface area contributed by atoms with Crippen LogP contribution in [0.5, 0.6) is 0 Å². The second-order valence-electron chi connectivity index (χ2n) is 4.54. The number of H-pyrrole nitrogens is 1. The molecule has 0 aliphatic heterocycles. The van der Waals surface area contributed by atoms with Crippen molar-refractivity contribution in [1.29, 1.82) is 0 Å². The molecule has 1 aromatic carbocycles. The van der Waals surface area contributed by atoms with Crippen molar-refractivity contribution >= 4 is 17.6 Å². The lowest BCUT2D eigenvalue weighted by Gasteiger charge is -2.13. The molecule has 6 heteroatoms. The third-order valence-electron chi connectivity index (χ3n) is 3.31. The van der Waals surface area contributed by atoms with E-state index in [4.69, 9.17) is 5.11 Å². The third kappa shape index (κ3) is 2.94. The smallest absolute Gasteiger partial charge is 0.354 e. The van der Waals surface area contributed by atoms with Gasteiger partial charge in [0, 0.05) is 5.69 Å². The van der Waals surface area contributed by atoms with Gasteiger partial charge >= 0.3 is 5.97 Å². The van der Waals surface area contributed by atoms with Gasteiger partial charge in [-0.3, -0.25) is 4.79 Å². The van der Waals surface area contributed by atoms with Gasteiger partial charge in [0.2, 0.25) is 0 Å². The number of carboxylic acids is 1. The molecule has 0 saturated carbocycles. The summed E-state index contributed by atoms with van der Waals surface area (Å²) in [5.74, 6) is -1.73. The summed E-state index contributed by atoms with van der Waals surface area (Å²) in [6.07, 6.45) is 2.75. The standard InChI is InChI=1S/C15H17N3O3/c1-3-9-6-5-7-10(4-2)11(9)18-14(19)12-13(15(20)21)17-8-16-12/h5-8H,3-4H2,1-2H3,(H,16,17)(H,18,19)(H,20,21). The van der Waals surface area contributed by atoms with Crippen molar-refractivity contribution in [1.82, 2.24) is 9.97 Å². The molecule has 0 bridgehead atoms. The summed E-state index contributed by atoms with van der Waals surface area (Å²) >= 11 is 0. The average molecular weight is 287 g/mol. The van der Waals surface area contributed by atoms with E-state index in [-0.39, 0.29) is 11.4 Å². The summed E-state index contributed by atoms with van der Waals surface area (Å²) in [6, 6.07) is 5.83. The van der Waals surface area contributed by atoms with Crippen LogP contribution in [0.1, 0.15) is 46.0 Å². The number of carbonyl (C=O) groups excluding carboxylic acids is 1. The van der Waals surface area contributed by atoms with Gasteiger partial charge in [-0.25, -0.2) is 9.78 Å². The maximum absolute atomic E-state index is 12.3. The molecule has 2 aromatic rings. The first-order valence-corrected chi connectivity index (χ1v) is 6.77. The zero-order valence-electron chi connectivity index (χ0n) is 11.9. The number of aryl methyl sites for hydroxylation is 2. The molecule has 2 rings (SSSR count). The monoisotopic (exact) mass is 287 g/mol. The number of imidazole rings is 1. The minimum atomic E-state index is -1.21. The van der Waals surface area contributed by atoms with E-state index < -0.39 is 11.9 Å². The van der Waals surface area contributed by atoms with Crippen LogP contribution in [0, 0.1) is 0 Å². The van der Waals surface area contributed by atoms with Crippen LogP contribution in [-0.2, 0) is 12.8 Å². The Hall–Kier alpha value is -2.63. The number of anilines is 1. The molecule has 0 aliphatic rings. The van der Waals surface area contributed by atoms with Crippen LogP contribution in [0.2, 0.25) is 0 Å². The van der Waals surface area contributed by atoms with Gasteiger partial charge in [-0.2, -0.15) is 0 Å². The largest absolute Gasteiger partial charge is 0.477 e. The summed E-state index contributed by atoms with van der Waals surface area (Å²) < 4.78 is 0. The van der Waals surface area contributed by atoms with Gasteiger partial charge in [-0.05, 0) is 24.0 Å². The Bertz CT molecular complexity index is 654. The van der Waals surface area contributed by atoms with E-state index in [1.807, 2.05) is 32.0 Å². The third-order valence-corrected chi connectivity index (χ3v) is 3.31. The van der Waals surface area contributed by atoms with Crippen LogP contribution in [0.3, 0.4) is 0 Å². The van der Waals surface area contributed by atoms with E-state index in [2.05, 4.69) is 15.3 Å². The SMILES string of the molecule is CCc1cccc(CC)c1NC(=O)c1nc[nH]c1C(=O)O. The Labute approximate surface area is 122 Å². The summed E-state index contributed by atoms with van der Waals surface area (Å²) in [7, 11) is 0. The normalized spacial score (nSPS) is 10.4. The van der Waals surface area contributed by atoms with E-state index in [0.29, 0.717) is 0 Å². The summed E-state index contributed by atoms with van der Waals surface area (Å²) in [5.41, 5.74) is 2.44. The number of aromatic nitrogens is 2. The van der Waals surface area contributed by atoms with E-state index >= 15 is 0 Å². The van der Waals surface area contributed by atoms with Crippen molar-refractivity contribution < 1.29 is 14.7 Å². The lowest BCUT2D eigenvalue weighted by Crippen LogP contribution is -2.18. The highest BCUT2D eigenvalue weighted by atomic mass is 16.4. The van der Waals surface area contributed by atoms with Crippen LogP contribution in [0.25, 0.3) is 0 Å². The fraction of sp³-hybridized carbons (Fsp3) is 0.267. The lowest BCUT2D eigenvalue weighted by molar-refractivity contribution is 0.0686. The molecule has 110 valence electrons. The molecule has 1 heterocycles. The fourth-order valence-corrected chi connectivity index (χ4v) is 2.21. The van der Waals surface area contributed by atoms with Crippen molar-refractivity contribution in [2.45, 2.75) is 26.7 Å². The first kappa shape index (κ1) is 14.8.